The number of alkyl halides is 3. The first-order chi connectivity index (χ1) is 9.99. The zero-order valence-corrected chi connectivity index (χ0v) is 10.8. The van der Waals surface area contributed by atoms with Gasteiger partial charge >= 0.3 is 6.18 Å². The molecular formula is C15H11F3N2O. The van der Waals surface area contributed by atoms with Crippen LogP contribution < -0.4 is 5.73 Å². The van der Waals surface area contributed by atoms with Crippen LogP contribution in [0, 0.1) is 0 Å². The minimum atomic E-state index is -4.51. The highest BCUT2D eigenvalue weighted by molar-refractivity contribution is 5.87. The summed E-state index contributed by atoms with van der Waals surface area (Å²) in [4.78, 5) is 4.08. The number of nitrogens with two attached hydrogens (primary N) is 1. The molecule has 0 aliphatic rings. The topological polar surface area (TPSA) is 52.0 Å². The van der Waals surface area contributed by atoms with Crippen LogP contribution in [0.25, 0.3) is 22.2 Å². The molecule has 0 bridgehead atoms. The number of halogens is 3. The summed E-state index contributed by atoms with van der Waals surface area (Å²) >= 11 is 0. The van der Waals surface area contributed by atoms with E-state index >= 15 is 0 Å². The zero-order valence-electron chi connectivity index (χ0n) is 10.8. The number of nitrogens with zero attached hydrogens (tertiary/aromatic N) is 1. The molecule has 0 fully saturated rings. The number of pyridine rings is 1. The summed E-state index contributed by atoms with van der Waals surface area (Å²) in [5, 5.41) is 0.367. The normalized spacial score (nSPS) is 12.0. The van der Waals surface area contributed by atoms with Gasteiger partial charge in [0.15, 0.2) is 0 Å². The Bertz CT molecular complexity index is 779. The van der Waals surface area contributed by atoms with Crippen LogP contribution in [-0.2, 0) is 12.7 Å². The van der Waals surface area contributed by atoms with E-state index < -0.39 is 11.7 Å². The number of benzene rings is 1. The van der Waals surface area contributed by atoms with E-state index in [1.807, 2.05) is 0 Å². The molecule has 0 aliphatic carbocycles. The fraction of sp³-hybridized carbons (Fsp3) is 0.133. The van der Waals surface area contributed by atoms with Crippen molar-refractivity contribution in [3.05, 3.63) is 53.9 Å². The van der Waals surface area contributed by atoms with Gasteiger partial charge in [-0.05, 0) is 30.3 Å². The molecule has 0 saturated carbocycles. The van der Waals surface area contributed by atoms with Crippen molar-refractivity contribution in [1.29, 1.82) is 0 Å². The van der Waals surface area contributed by atoms with E-state index in [9.17, 15) is 13.2 Å². The van der Waals surface area contributed by atoms with Crippen molar-refractivity contribution in [3.8, 4) is 11.3 Å². The maximum Gasteiger partial charge on any atom is 0.420 e. The number of fused-ring (bicyclic) bond motifs is 1. The van der Waals surface area contributed by atoms with Gasteiger partial charge in [0.2, 0.25) is 0 Å². The first kappa shape index (κ1) is 13.6. The lowest BCUT2D eigenvalue weighted by Crippen LogP contribution is -2.05. The van der Waals surface area contributed by atoms with Crippen LogP contribution in [-0.4, -0.2) is 4.98 Å². The smallest absolute Gasteiger partial charge is 0.420 e. The van der Waals surface area contributed by atoms with E-state index in [0.717, 1.165) is 6.07 Å². The molecular weight excluding hydrogens is 281 g/mol. The van der Waals surface area contributed by atoms with Crippen LogP contribution in [0.4, 0.5) is 13.2 Å². The molecule has 3 rings (SSSR count). The summed E-state index contributed by atoms with van der Waals surface area (Å²) in [6.07, 6.45) is -2.97. The summed E-state index contributed by atoms with van der Waals surface area (Å²) in [5.74, 6) is 0.314. The highest BCUT2D eigenvalue weighted by Gasteiger charge is 2.35. The Morgan fingerprint density at radius 2 is 1.95 bits per heavy atom. The first-order valence-corrected chi connectivity index (χ1v) is 6.24. The van der Waals surface area contributed by atoms with Crippen molar-refractivity contribution in [2.75, 3.05) is 0 Å². The summed E-state index contributed by atoms with van der Waals surface area (Å²) in [5.41, 5.74) is 5.28. The van der Waals surface area contributed by atoms with Crippen LogP contribution >= 0.6 is 0 Å². The number of aromatic nitrogens is 1. The van der Waals surface area contributed by atoms with Gasteiger partial charge < -0.3 is 10.2 Å². The molecule has 0 unspecified atom stereocenters. The Morgan fingerprint density at radius 3 is 2.57 bits per heavy atom. The fourth-order valence-electron chi connectivity index (χ4n) is 2.20. The van der Waals surface area contributed by atoms with E-state index in [0.29, 0.717) is 22.4 Å². The Labute approximate surface area is 118 Å². The SMILES string of the molecule is NCc1cc2cc(-c3ccccn3)cc(C(F)(F)F)c2o1. The second-order valence-electron chi connectivity index (χ2n) is 4.57. The number of hydrogen-bond donors (Lipinski definition) is 1. The number of furan rings is 1. The van der Waals surface area contributed by atoms with Crippen LogP contribution in [0.15, 0.2) is 47.0 Å². The summed E-state index contributed by atoms with van der Waals surface area (Å²) in [6, 6.07) is 9.28. The molecule has 2 aromatic heterocycles. The maximum absolute atomic E-state index is 13.2. The average molecular weight is 292 g/mol. The molecule has 2 heterocycles. The van der Waals surface area contributed by atoms with Crippen LogP contribution in [0.3, 0.4) is 0 Å². The predicted octanol–water partition coefficient (Wildman–Crippen LogP) is 3.97. The number of rotatable bonds is 2. The standard InChI is InChI=1S/C15H11F3N2O/c16-15(17,18)12-7-9(13-3-1-2-4-20-13)5-10-6-11(8-19)21-14(10)12/h1-7H,8,19H2. The highest BCUT2D eigenvalue weighted by Crippen LogP contribution is 2.38. The van der Waals surface area contributed by atoms with Gasteiger partial charge in [0.25, 0.3) is 0 Å². The van der Waals surface area contributed by atoms with Crippen molar-refractivity contribution in [3.63, 3.8) is 0 Å². The molecule has 0 amide bonds. The molecule has 0 aliphatic heterocycles. The third kappa shape index (κ3) is 2.50. The lowest BCUT2D eigenvalue weighted by atomic mass is 10.0. The summed E-state index contributed by atoms with van der Waals surface area (Å²) in [6.45, 7) is 0.0465. The van der Waals surface area contributed by atoms with E-state index in [1.54, 1.807) is 24.3 Å². The minimum absolute atomic E-state index is 0.0465. The molecule has 21 heavy (non-hydrogen) atoms. The van der Waals surface area contributed by atoms with E-state index in [1.165, 1.54) is 12.3 Å². The fourth-order valence-corrected chi connectivity index (χ4v) is 2.20. The van der Waals surface area contributed by atoms with Gasteiger partial charge in [-0.2, -0.15) is 13.2 Å². The third-order valence-electron chi connectivity index (χ3n) is 3.13. The van der Waals surface area contributed by atoms with Crippen molar-refractivity contribution >= 4 is 11.0 Å². The molecule has 0 atom stereocenters. The van der Waals surface area contributed by atoms with Gasteiger partial charge in [0.05, 0.1) is 17.8 Å². The Morgan fingerprint density at radius 1 is 1.14 bits per heavy atom. The molecule has 0 radical (unpaired) electrons. The zero-order chi connectivity index (χ0) is 15.0. The van der Waals surface area contributed by atoms with Crippen LogP contribution in [0.2, 0.25) is 0 Å². The Balaban J connectivity index is 2.29. The Kier molecular flexibility index (Phi) is 3.17. The molecule has 0 spiro atoms. The van der Waals surface area contributed by atoms with Crippen molar-refractivity contribution < 1.29 is 17.6 Å². The van der Waals surface area contributed by atoms with Crippen molar-refractivity contribution in [1.82, 2.24) is 4.98 Å². The Hall–Kier alpha value is -2.34. The molecule has 3 aromatic rings. The average Bonchev–Trinajstić information content (AvgIpc) is 2.89. The lowest BCUT2D eigenvalue weighted by Gasteiger charge is -2.09. The summed E-state index contributed by atoms with van der Waals surface area (Å²) < 4.78 is 44.8. The van der Waals surface area contributed by atoms with E-state index in [-0.39, 0.29) is 12.1 Å². The highest BCUT2D eigenvalue weighted by atomic mass is 19.4. The van der Waals surface area contributed by atoms with Gasteiger partial charge in [-0.1, -0.05) is 6.07 Å². The quantitative estimate of drug-likeness (QED) is 0.777. The van der Waals surface area contributed by atoms with Gasteiger partial charge in [0.1, 0.15) is 11.3 Å². The first-order valence-electron chi connectivity index (χ1n) is 6.24. The predicted molar refractivity (Wildman–Crippen MR) is 72.3 cm³/mol. The van der Waals surface area contributed by atoms with Crippen molar-refractivity contribution in [2.24, 2.45) is 5.73 Å². The van der Waals surface area contributed by atoms with Gasteiger partial charge in [-0.3, -0.25) is 4.98 Å². The minimum Gasteiger partial charge on any atom is -0.459 e. The van der Waals surface area contributed by atoms with Crippen molar-refractivity contribution in [2.45, 2.75) is 12.7 Å². The second kappa shape index (κ2) is 4.89. The molecule has 108 valence electrons. The molecule has 1 aromatic carbocycles. The van der Waals surface area contributed by atoms with Crippen LogP contribution in [0.5, 0.6) is 0 Å². The second-order valence-corrected chi connectivity index (χ2v) is 4.57. The van der Waals surface area contributed by atoms with Gasteiger partial charge in [-0.25, -0.2) is 0 Å². The molecule has 2 N–H and O–H groups in total. The monoisotopic (exact) mass is 292 g/mol. The van der Waals surface area contributed by atoms with E-state index in [2.05, 4.69) is 4.98 Å². The van der Waals surface area contributed by atoms with Gasteiger partial charge in [0, 0.05) is 17.1 Å². The van der Waals surface area contributed by atoms with E-state index in [4.69, 9.17) is 10.2 Å². The molecule has 6 heteroatoms. The lowest BCUT2D eigenvalue weighted by molar-refractivity contribution is -0.136. The van der Waals surface area contributed by atoms with Crippen LogP contribution in [0.1, 0.15) is 11.3 Å². The number of hydrogen-bond acceptors (Lipinski definition) is 3. The largest absolute Gasteiger partial charge is 0.459 e. The molecule has 0 saturated heterocycles. The third-order valence-corrected chi connectivity index (χ3v) is 3.13. The molecule has 3 nitrogen and oxygen atoms in total. The maximum atomic E-state index is 13.2. The van der Waals surface area contributed by atoms with Gasteiger partial charge in [-0.15, -0.1) is 0 Å². The summed E-state index contributed by atoms with van der Waals surface area (Å²) in [7, 11) is 0.